The number of amidine groups is 1. The average molecular weight is 282 g/mol. The molecule has 0 bridgehead atoms. The van der Waals surface area contributed by atoms with Crippen molar-refractivity contribution in [1.82, 2.24) is 5.48 Å². The Bertz CT molecular complexity index is 650. The van der Waals surface area contributed by atoms with E-state index < -0.39 is 0 Å². The molecule has 3 N–H and O–H groups in total. The third kappa shape index (κ3) is 4.15. The molecule has 0 heterocycles. The first-order chi connectivity index (χ1) is 10.2. The molecule has 0 radical (unpaired) electrons. The SMILES string of the molecule is C/C(=N\Nc1ccccc1)C(=Nc1ccccc1C)NO. The number of hydrogen-bond acceptors (Lipinski definition) is 4. The zero-order valence-corrected chi connectivity index (χ0v) is 12.0. The first kappa shape index (κ1) is 14.7. The first-order valence-electron chi connectivity index (χ1n) is 6.61. The molecule has 0 saturated carbocycles. The van der Waals surface area contributed by atoms with Crippen LogP contribution in [0, 0.1) is 6.92 Å². The summed E-state index contributed by atoms with van der Waals surface area (Å²) in [5.41, 5.74) is 8.22. The highest BCUT2D eigenvalue weighted by atomic mass is 16.5. The molecule has 5 heteroatoms. The molecule has 2 rings (SSSR count). The molecule has 0 aliphatic heterocycles. The van der Waals surface area contributed by atoms with Crippen LogP contribution in [0.25, 0.3) is 0 Å². The molecular weight excluding hydrogens is 264 g/mol. The topological polar surface area (TPSA) is 69.0 Å². The molecule has 0 amide bonds. The smallest absolute Gasteiger partial charge is 0.173 e. The van der Waals surface area contributed by atoms with Crippen molar-refractivity contribution in [3.63, 3.8) is 0 Å². The van der Waals surface area contributed by atoms with Gasteiger partial charge in [-0.25, -0.2) is 4.99 Å². The summed E-state index contributed by atoms with van der Waals surface area (Å²) in [5, 5.41) is 13.5. The van der Waals surface area contributed by atoms with Gasteiger partial charge < -0.3 is 0 Å². The Hall–Kier alpha value is -2.66. The molecule has 0 unspecified atom stereocenters. The number of benzene rings is 2. The fourth-order valence-electron chi connectivity index (χ4n) is 1.71. The number of aliphatic imine (C=N–C) groups is 1. The molecular formula is C16H18N4O. The second-order valence-corrected chi connectivity index (χ2v) is 4.53. The van der Waals surface area contributed by atoms with E-state index in [9.17, 15) is 5.21 Å². The minimum absolute atomic E-state index is 0.299. The predicted molar refractivity (Wildman–Crippen MR) is 86.4 cm³/mol. The van der Waals surface area contributed by atoms with Crippen LogP contribution in [0.5, 0.6) is 0 Å². The van der Waals surface area contributed by atoms with Gasteiger partial charge in [0.1, 0.15) is 5.71 Å². The molecule has 0 fully saturated rings. The number of para-hydroxylation sites is 2. The van der Waals surface area contributed by atoms with E-state index in [1.54, 1.807) is 6.92 Å². The van der Waals surface area contributed by atoms with Gasteiger partial charge in [0.2, 0.25) is 0 Å². The Balaban J connectivity index is 2.19. The summed E-state index contributed by atoms with van der Waals surface area (Å²) in [7, 11) is 0. The van der Waals surface area contributed by atoms with E-state index in [2.05, 4.69) is 21.0 Å². The lowest BCUT2D eigenvalue weighted by molar-refractivity contribution is 0.236. The lowest BCUT2D eigenvalue weighted by Crippen LogP contribution is -2.27. The standard InChI is InChI=1S/C16H18N4O/c1-12-8-6-7-11-15(12)17-16(20-21)13(2)18-19-14-9-4-3-5-10-14/h3-11,19,21H,1-2H3,(H,17,20)/b18-13+. The zero-order valence-electron chi connectivity index (χ0n) is 12.0. The Morgan fingerprint density at radius 2 is 1.67 bits per heavy atom. The van der Waals surface area contributed by atoms with Gasteiger partial charge in [-0.1, -0.05) is 36.4 Å². The molecule has 0 atom stereocenters. The van der Waals surface area contributed by atoms with E-state index in [1.165, 1.54) is 0 Å². The molecule has 2 aromatic carbocycles. The van der Waals surface area contributed by atoms with Crippen LogP contribution in [0.1, 0.15) is 12.5 Å². The van der Waals surface area contributed by atoms with E-state index in [4.69, 9.17) is 0 Å². The minimum atomic E-state index is 0.299. The van der Waals surface area contributed by atoms with Crippen LogP contribution in [-0.2, 0) is 0 Å². The van der Waals surface area contributed by atoms with Crippen molar-refractivity contribution in [2.24, 2.45) is 10.1 Å². The van der Waals surface area contributed by atoms with Crippen molar-refractivity contribution < 1.29 is 5.21 Å². The summed E-state index contributed by atoms with van der Waals surface area (Å²) in [6.45, 7) is 3.72. The number of hydrogen-bond donors (Lipinski definition) is 3. The van der Waals surface area contributed by atoms with Gasteiger partial charge in [-0.15, -0.1) is 0 Å². The predicted octanol–water partition coefficient (Wildman–Crippen LogP) is 3.49. The number of hydroxylamine groups is 1. The third-order valence-corrected chi connectivity index (χ3v) is 2.92. The van der Waals surface area contributed by atoms with Crippen molar-refractivity contribution in [2.75, 3.05) is 5.43 Å². The van der Waals surface area contributed by atoms with Crippen LogP contribution in [0.15, 0.2) is 64.7 Å². The van der Waals surface area contributed by atoms with Gasteiger partial charge in [0.25, 0.3) is 0 Å². The first-order valence-corrected chi connectivity index (χ1v) is 6.61. The number of aryl methyl sites for hydroxylation is 1. The lowest BCUT2D eigenvalue weighted by Gasteiger charge is -2.07. The van der Waals surface area contributed by atoms with Crippen LogP contribution >= 0.6 is 0 Å². The lowest BCUT2D eigenvalue weighted by atomic mass is 10.2. The Morgan fingerprint density at radius 3 is 2.33 bits per heavy atom. The molecule has 0 aliphatic carbocycles. The Kier molecular flexibility index (Phi) is 5.06. The maximum Gasteiger partial charge on any atom is 0.173 e. The third-order valence-electron chi connectivity index (χ3n) is 2.92. The molecule has 0 aromatic heterocycles. The molecule has 0 aliphatic rings. The van der Waals surface area contributed by atoms with Crippen LogP contribution in [0.3, 0.4) is 0 Å². The van der Waals surface area contributed by atoms with Crippen LogP contribution < -0.4 is 10.9 Å². The van der Waals surface area contributed by atoms with Gasteiger partial charge in [-0.2, -0.15) is 5.10 Å². The van der Waals surface area contributed by atoms with Gasteiger partial charge in [0.05, 0.1) is 11.4 Å². The van der Waals surface area contributed by atoms with Gasteiger partial charge in [-0.3, -0.25) is 16.1 Å². The average Bonchev–Trinajstić information content (AvgIpc) is 2.53. The molecule has 2 aromatic rings. The largest absolute Gasteiger partial charge is 0.290 e. The summed E-state index contributed by atoms with van der Waals surface area (Å²) in [6, 6.07) is 17.3. The molecule has 0 saturated heterocycles. The zero-order chi connectivity index (χ0) is 15.1. The van der Waals surface area contributed by atoms with Gasteiger partial charge in [0.15, 0.2) is 5.84 Å². The second-order valence-electron chi connectivity index (χ2n) is 4.53. The number of nitrogens with zero attached hydrogens (tertiary/aromatic N) is 2. The van der Waals surface area contributed by atoms with Crippen LogP contribution in [0.4, 0.5) is 11.4 Å². The summed E-state index contributed by atoms with van der Waals surface area (Å²) < 4.78 is 0. The Morgan fingerprint density at radius 1 is 1.00 bits per heavy atom. The number of nitrogens with one attached hydrogen (secondary N) is 2. The van der Waals surface area contributed by atoms with Crippen molar-refractivity contribution in [1.29, 1.82) is 0 Å². The summed E-state index contributed by atoms with van der Waals surface area (Å²) in [5.74, 6) is 0.299. The highest BCUT2D eigenvalue weighted by molar-refractivity contribution is 6.40. The summed E-state index contributed by atoms with van der Waals surface area (Å²) in [6.07, 6.45) is 0. The summed E-state index contributed by atoms with van der Waals surface area (Å²) in [4.78, 5) is 4.37. The van der Waals surface area contributed by atoms with Gasteiger partial charge >= 0.3 is 0 Å². The second kappa shape index (κ2) is 7.21. The molecule has 0 spiro atoms. The van der Waals surface area contributed by atoms with Crippen molar-refractivity contribution >= 4 is 22.9 Å². The highest BCUT2D eigenvalue weighted by Gasteiger charge is 2.04. The fraction of sp³-hybridized carbons (Fsp3) is 0.125. The maximum atomic E-state index is 9.26. The van der Waals surface area contributed by atoms with Crippen molar-refractivity contribution in [3.8, 4) is 0 Å². The molecule has 21 heavy (non-hydrogen) atoms. The normalized spacial score (nSPS) is 12.1. The fourth-order valence-corrected chi connectivity index (χ4v) is 1.71. The number of hydrazone groups is 1. The van der Waals surface area contributed by atoms with Crippen LogP contribution in [-0.4, -0.2) is 16.8 Å². The van der Waals surface area contributed by atoms with Crippen molar-refractivity contribution in [2.45, 2.75) is 13.8 Å². The van der Waals surface area contributed by atoms with Gasteiger partial charge in [-0.05, 0) is 37.6 Å². The van der Waals surface area contributed by atoms with E-state index >= 15 is 0 Å². The quantitative estimate of drug-likeness (QED) is 0.457. The highest BCUT2D eigenvalue weighted by Crippen LogP contribution is 2.17. The van der Waals surface area contributed by atoms with Crippen molar-refractivity contribution in [3.05, 3.63) is 60.2 Å². The molecule has 108 valence electrons. The number of rotatable bonds is 4. The maximum absolute atomic E-state index is 9.26. The van der Waals surface area contributed by atoms with Crippen LogP contribution in [0.2, 0.25) is 0 Å². The monoisotopic (exact) mass is 282 g/mol. The summed E-state index contributed by atoms with van der Waals surface area (Å²) >= 11 is 0. The minimum Gasteiger partial charge on any atom is -0.290 e. The Labute approximate surface area is 124 Å². The van der Waals surface area contributed by atoms with E-state index in [0.717, 1.165) is 16.9 Å². The van der Waals surface area contributed by atoms with E-state index in [-0.39, 0.29) is 0 Å². The van der Waals surface area contributed by atoms with Gasteiger partial charge in [0, 0.05) is 0 Å². The van der Waals surface area contributed by atoms with E-state index in [0.29, 0.717) is 11.5 Å². The van der Waals surface area contributed by atoms with E-state index in [1.807, 2.05) is 61.5 Å². The molecule has 5 nitrogen and oxygen atoms in total. The number of anilines is 1.